The van der Waals surface area contributed by atoms with E-state index in [4.69, 9.17) is 4.18 Å². The first-order valence-corrected chi connectivity index (χ1v) is 22.3. The highest BCUT2D eigenvalue weighted by Crippen LogP contribution is 2.22. The number of ketones is 1. The molecule has 0 bridgehead atoms. The zero-order valence-corrected chi connectivity index (χ0v) is 32.9. The summed E-state index contributed by atoms with van der Waals surface area (Å²) in [5, 5.41) is 0. The summed E-state index contributed by atoms with van der Waals surface area (Å²) < 4.78 is 31.8. The van der Waals surface area contributed by atoms with Gasteiger partial charge in [0.15, 0.2) is 5.78 Å². The average molecular weight is 691 g/mol. The Balaban J connectivity index is 2.27. The van der Waals surface area contributed by atoms with Gasteiger partial charge in [0.1, 0.15) is 6.10 Å². The van der Waals surface area contributed by atoms with Gasteiger partial charge in [-0.1, -0.05) is 218 Å². The van der Waals surface area contributed by atoms with E-state index in [-0.39, 0.29) is 10.7 Å². The van der Waals surface area contributed by atoms with Crippen LogP contribution in [0.25, 0.3) is 0 Å². The standard InChI is InChI=1S/C43H78O4S/c1-4-6-8-10-12-14-16-18-20-22-24-26-28-30-32-34-42(44)43(47-48(45,46)41-38-36-40(3)37-39-41)35-33-31-29-27-25-23-21-19-17-15-13-11-9-7-5-2/h36-39,43H,4-35H2,1-3H3. The average Bonchev–Trinajstić information content (AvgIpc) is 3.07. The normalized spacial score (nSPS) is 12.5. The first-order chi connectivity index (χ1) is 23.4. The molecule has 0 aliphatic rings. The second-order valence-electron chi connectivity index (χ2n) is 14.8. The molecule has 280 valence electrons. The lowest BCUT2D eigenvalue weighted by Crippen LogP contribution is -2.27. The SMILES string of the molecule is CCCCCCCCCCCCCCCCCC(=O)C(CCCCCCCCCCCCCCCCC)OS(=O)(=O)c1ccc(C)cc1. The van der Waals surface area contributed by atoms with E-state index >= 15 is 0 Å². The summed E-state index contributed by atoms with van der Waals surface area (Å²) in [5.41, 5.74) is 0.993. The Bertz CT molecular complexity index is 956. The third-order valence-electron chi connectivity index (χ3n) is 10.0. The lowest BCUT2D eigenvalue weighted by atomic mass is 10.00. The highest BCUT2D eigenvalue weighted by molar-refractivity contribution is 7.86. The molecule has 0 radical (unpaired) electrons. The summed E-state index contributed by atoms with van der Waals surface area (Å²) in [6.45, 7) is 6.47. The van der Waals surface area contributed by atoms with E-state index in [1.54, 1.807) is 24.3 Å². The molecule has 5 heteroatoms. The van der Waals surface area contributed by atoms with Gasteiger partial charge >= 0.3 is 0 Å². The van der Waals surface area contributed by atoms with Gasteiger partial charge in [-0.3, -0.25) is 8.98 Å². The van der Waals surface area contributed by atoms with Crippen LogP contribution < -0.4 is 0 Å². The Hall–Kier alpha value is -1.20. The van der Waals surface area contributed by atoms with Crippen LogP contribution in [0.3, 0.4) is 0 Å². The van der Waals surface area contributed by atoms with Crippen molar-refractivity contribution in [3.05, 3.63) is 29.8 Å². The molecule has 0 fully saturated rings. The van der Waals surface area contributed by atoms with Crippen molar-refractivity contribution in [1.29, 1.82) is 0 Å². The summed E-state index contributed by atoms with van der Waals surface area (Å²) >= 11 is 0. The lowest BCUT2D eigenvalue weighted by molar-refractivity contribution is -0.126. The quantitative estimate of drug-likeness (QED) is 0.0519. The van der Waals surface area contributed by atoms with Crippen molar-refractivity contribution >= 4 is 15.9 Å². The van der Waals surface area contributed by atoms with Crippen molar-refractivity contribution in [2.24, 2.45) is 0 Å². The highest BCUT2D eigenvalue weighted by Gasteiger charge is 2.26. The molecule has 1 aromatic rings. The van der Waals surface area contributed by atoms with Crippen LogP contribution in [0, 0.1) is 6.92 Å². The molecule has 0 N–H and O–H groups in total. The fourth-order valence-electron chi connectivity index (χ4n) is 6.71. The maximum Gasteiger partial charge on any atom is 0.297 e. The molecular formula is C43H78O4S. The van der Waals surface area contributed by atoms with Crippen LogP contribution in [0.1, 0.15) is 225 Å². The minimum absolute atomic E-state index is 0.0502. The van der Waals surface area contributed by atoms with Crippen LogP contribution in [-0.4, -0.2) is 20.3 Å². The van der Waals surface area contributed by atoms with Crippen molar-refractivity contribution in [1.82, 2.24) is 0 Å². The van der Waals surface area contributed by atoms with E-state index in [0.717, 1.165) is 44.1 Å². The molecule has 0 aliphatic carbocycles. The third kappa shape index (κ3) is 25.7. The monoisotopic (exact) mass is 691 g/mol. The van der Waals surface area contributed by atoms with Crippen LogP contribution >= 0.6 is 0 Å². The second-order valence-corrected chi connectivity index (χ2v) is 16.3. The van der Waals surface area contributed by atoms with Gasteiger partial charge in [-0.15, -0.1) is 0 Å². The predicted molar refractivity (Wildman–Crippen MR) is 207 cm³/mol. The molecule has 1 rings (SSSR count). The number of unbranched alkanes of at least 4 members (excludes halogenated alkanes) is 28. The van der Waals surface area contributed by atoms with E-state index in [1.165, 1.54) is 154 Å². The van der Waals surface area contributed by atoms with Crippen molar-refractivity contribution in [3.8, 4) is 0 Å². The summed E-state index contributed by atoms with van der Waals surface area (Å²) in [5.74, 6) is -0.0502. The van der Waals surface area contributed by atoms with Crippen LogP contribution in [0.2, 0.25) is 0 Å². The Kier molecular flexibility index (Phi) is 29.7. The number of hydrogen-bond donors (Lipinski definition) is 0. The molecule has 0 saturated heterocycles. The number of Topliss-reactive ketones (excluding diaryl/α,β-unsaturated/α-hetero) is 1. The minimum Gasteiger partial charge on any atom is -0.297 e. The summed E-state index contributed by atoms with van der Waals surface area (Å²) in [4.78, 5) is 13.4. The Labute approximate surface area is 299 Å². The molecule has 0 spiro atoms. The van der Waals surface area contributed by atoms with Gasteiger partial charge in [0.25, 0.3) is 10.1 Å². The molecular weight excluding hydrogens is 613 g/mol. The first-order valence-electron chi connectivity index (χ1n) is 20.9. The number of aryl methyl sites for hydroxylation is 1. The lowest BCUT2D eigenvalue weighted by Gasteiger charge is -2.17. The zero-order chi connectivity index (χ0) is 35.0. The van der Waals surface area contributed by atoms with E-state index in [1.807, 2.05) is 6.92 Å². The molecule has 1 unspecified atom stereocenters. The second kappa shape index (κ2) is 31.8. The Morgan fingerprint density at radius 1 is 0.500 bits per heavy atom. The molecule has 0 heterocycles. The molecule has 0 amide bonds. The van der Waals surface area contributed by atoms with E-state index in [9.17, 15) is 13.2 Å². The maximum atomic E-state index is 13.2. The number of rotatable bonds is 36. The van der Waals surface area contributed by atoms with E-state index in [0.29, 0.717) is 12.8 Å². The van der Waals surface area contributed by atoms with Crippen molar-refractivity contribution in [2.45, 2.75) is 237 Å². The molecule has 0 aliphatic heterocycles. The van der Waals surface area contributed by atoms with Gasteiger partial charge in [-0.05, 0) is 31.9 Å². The molecule has 1 aromatic carbocycles. The molecule has 0 saturated carbocycles. The zero-order valence-electron chi connectivity index (χ0n) is 32.1. The molecule has 48 heavy (non-hydrogen) atoms. The number of benzene rings is 1. The predicted octanol–water partition coefficient (Wildman–Crippen LogP) is 14.2. The van der Waals surface area contributed by atoms with E-state index in [2.05, 4.69) is 13.8 Å². The fourth-order valence-corrected chi connectivity index (χ4v) is 7.80. The Morgan fingerprint density at radius 3 is 1.17 bits per heavy atom. The summed E-state index contributed by atoms with van der Waals surface area (Å²) in [6.07, 6.45) is 38.5. The highest BCUT2D eigenvalue weighted by atomic mass is 32.2. The maximum absolute atomic E-state index is 13.2. The van der Waals surface area contributed by atoms with Crippen molar-refractivity contribution in [2.75, 3.05) is 0 Å². The smallest absolute Gasteiger partial charge is 0.297 e. The van der Waals surface area contributed by atoms with Crippen molar-refractivity contribution < 1.29 is 17.4 Å². The largest absolute Gasteiger partial charge is 0.297 e. The third-order valence-corrected chi connectivity index (χ3v) is 11.3. The van der Waals surface area contributed by atoms with Crippen LogP contribution in [0.15, 0.2) is 29.2 Å². The first kappa shape index (κ1) is 44.8. The van der Waals surface area contributed by atoms with Gasteiger partial charge < -0.3 is 0 Å². The number of carbonyl (C=O) groups excluding carboxylic acids is 1. The van der Waals surface area contributed by atoms with Crippen LogP contribution in [0.5, 0.6) is 0 Å². The van der Waals surface area contributed by atoms with E-state index < -0.39 is 16.2 Å². The van der Waals surface area contributed by atoms with Crippen LogP contribution in [-0.2, 0) is 19.1 Å². The molecule has 1 atom stereocenters. The molecule has 4 nitrogen and oxygen atoms in total. The molecule has 0 aromatic heterocycles. The fraction of sp³-hybridized carbons (Fsp3) is 0.837. The summed E-state index contributed by atoms with van der Waals surface area (Å²) in [6, 6.07) is 6.71. The minimum atomic E-state index is -3.97. The van der Waals surface area contributed by atoms with Gasteiger partial charge in [-0.2, -0.15) is 8.42 Å². The van der Waals surface area contributed by atoms with Gasteiger partial charge in [0, 0.05) is 6.42 Å². The number of hydrogen-bond acceptors (Lipinski definition) is 4. The van der Waals surface area contributed by atoms with Crippen LogP contribution in [0.4, 0.5) is 0 Å². The van der Waals surface area contributed by atoms with Gasteiger partial charge in [0.05, 0.1) is 4.90 Å². The van der Waals surface area contributed by atoms with Gasteiger partial charge in [0.2, 0.25) is 0 Å². The van der Waals surface area contributed by atoms with Gasteiger partial charge in [-0.25, -0.2) is 0 Å². The number of carbonyl (C=O) groups is 1. The topological polar surface area (TPSA) is 60.4 Å². The summed E-state index contributed by atoms with van der Waals surface area (Å²) in [7, 11) is -3.97. The van der Waals surface area contributed by atoms with Crippen molar-refractivity contribution in [3.63, 3.8) is 0 Å². The Morgan fingerprint density at radius 2 is 0.812 bits per heavy atom.